The molecule has 2 aliphatic rings. The molecule has 2 aromatic rings. The van der Waals surface area contributed by atoms with Crippen LogP contribution in [0.1, 0.15) is 75.1 Å². The second kappa shape index (κ2) is 8.36. The third-order valence-electron chi connectivity index (χ3n) is 6.21. The van der Waals surface area contributed by atoms with Gasteiger partial charge in [-0.15, -0.1) is 11.3 Å². The van der Waals surface area contributed by atoms with Crippen LogP contribution in [0.5, 0.6) is 0 Å². The normalized spacial score (nSPS) is 20.8. The van der Waals surface area contributed by atoms with Gasteiger partial charge in [-0.1, -0.05) is 13.8 Å². The van der Waals surface area contributed by atoms with Crippen molar-refractivity contribution in [3.8, 4) is 0 Å². The monoisotopic (exact) mass is 401 g/mol. The lowest BCUT2D eigenvalue weighted by atomic mass is 9.95. The number of anilines is 1. The van der Waals surface area contributed by atoms with Gasteiger partial charge in [0.05, 0.1) is 17.9 Å². The Hall–Kier alpha value is -1.69. The Labute approximate surface area is 171 Å². The number of ether oxygens (including phenoxy) is 1. The number of esters is 1. The first-order valence-corrected chi connectivity index (χ1v) is 11.7. The van der Waals surface area contributed by atoms with Gasteiger partial charge in [0.2, 0.25) is 0 Å². The zero-order chi connectivity index (χ0) is 19.7. The van der Waals surface area contributed by atoms with Gasteiger partial charge in [0.15, 0.2) is 0 Å². The van der Waals surface area contributed by atoms with E-state index in [1.54, 1.807) is 0 Å². The van der Waals surface area contributed by atoms with E-state index in [4.69, 9.17) is 14.7 Å². The number of fused-ring (bicyclic) bond motifs is 3. The second-order valence-electron chi connectivity index (χ2n) is 8.14. The van der Waals surface area contributed by atoms with E-state index in [-0.39, 0.29) is 11.9 Å². The molecule has 0 amide bonds. The number of aryl methyl sites for hydroxylation is 2. The minimum absolute atomic E-state index is 0.0553. The molecule has 1 aliphatic heterocycles. The molecule has 0 spiro atoms. The minimum Gasteiger partial charge on any atom is -0.466 e. The average molecular weight is 402 g/mol. The molecule has 0 unspecified atom stereocenters. The maximum absolute atomic E-state index is 12.4. The molecule has 5 nitrogen and oxygen atoms in total. The van der Waals surface area contributed by atoms with Crippen LogP contribution in [0, 0.1) is 5.92 Å². The Morgan fingerprint density at radius 3 is 2.86 bits per heavy atom. The Bertz CT molecular complexity index is 863. The van der Waals surface area contributed by atoms with Crippen molar-refractivity contribution >= 4 is 33.3 Å². The Morgan fingerprint density at radius 2 is 2.07 bits per heavy atom. The fourth-order valence-corrected chi connectivity index (χ4v) is 5.67. The van der Waals surface area contributed by atoms with Crippen molar-refractivity contribution in [1.82, 2.24) is 9.97 Å². The number of thiophene rings is 1. The maximum Gasteiger partial charge on any atom is 0.310 e. The lowest BCUT2D eigenvalue weighted by molar-refractivity contribution is -0.148. The topological polar surface area (TPSA) is 55.3 Å². The number of rotatable bonds is 5. The fraction of sp³-hybridized carbons (Fsp3) is 0.682. The standard InChI is InChI=1S/C22H31N3O2S/c1-4-14(3)19-23-20(25-12-8-9-15(13-25)22(26)27-5-2)18-16-10-6-7-11-17(16)28-21(18)24-19/h14-15H,4-13H2,1-3H3/t14-,15+/m1/s1. The summed E-state index contributed by atoms with van der Waals surface area (Å²) in [6, 6.07) is 0. The first-order valence-electron chi connectivity index (χ1n) is 10.9. The number of carbonyl (C=O) groups excluding carboxylic acids is 1. The fourth-order valence-electron chi connectivity index (χ4n) is 4.41. The van der Waals surface area contributed by atoms with E-state index in [0.29, 0.717) is 19.1 Å². The van der Waals surface area contributed by atoms with E-state index < -0.39 is 0 Å². The molecule has 0 saturated carbocycles. The van der Waals surface area contributed by atoms with Gasteiger partial charge in [-0.3, -0.25) is 4.79 Å². The minimum atomic E-state index is -0.0630. The van der Waals surface area contributed by atoms with Crippen LogP contribution < -0.4 is 4.90 Å². The van der Waals surface area contributed by atoms with Crippen LogP contribution in [0.2, 0.25) is 0 Å². The molecule has 0 aromatic carbocycles. The smallest absolute Gasteiger partial charge is 0.310 e. The molecular formula is C22H31N3O2S. The largest absolute Gasteiger partial charge is 0.466 e. The average Bonchev–Trinajstić information content (AvgIpc) is 3.11. The molecule has 6 heteroatoms. The summed E-state index contributed by atoms with van der Waals surface area (Å²) in [6.45, 7) is 8.37. The van der Waals surface area contributed by atoms with Crippen molar-refractivity contribution < 1.29 is 9.53 Å². The highest BCUT2D eigenvalue weighted by Gasteiger charge is 2.31. The molecule has 1 saturated heterocycles. The number of nitrogens with zero attached hydrogens (tertiary/aromatic N) is 3. The number of piperidine rings is 1. The van der Waals surface area contributed by atoms with Gasteiger partial charge >= 0.3 is 5.97 Å². The van der Waals surface area contributed by atoms with Crippen LogP contribution in [0.4, 0.5) is 5.82 Å². The van der Waals surface area contributed by atoms with Crippen LogP contribution in [-0.2, 0) is 22.4 Å². The van der Waals surface area contributed by atoms with Gasteiger partial charge < -0.3 is 9.64 Å². The molecule has 1 fully saturated rings. The second-order valence-corrected chi connectivity index (χ2v) is 9.23. The summed E-state index contributed by atoms with van der Waals surface area (Å²) >= 11 is 1.87. The molecule has 1 aliphatic carbocycles. The number of hydrogen-bond donors (Lipinski definition) is 0. The zero-order valence-electron chi connectivity index (χ0n) is 17.3. The molecule has 2 aromatic heterocycles. The van der Waals surface area contributed by atoms with E-state index in [9.17, 15) is 4.79 Å². The summed E-state index contributed by atoms with van der Waals surface area (Å²) < 4.78 is 5.31. The van der Waals surface area contributed by atoms with Crippen molar-refractivity contribution in [3.05, 3.63) is 16.3 Å². The highest BCUT2D eigenvalue weighted by molar-refractivity contribution is 7.19. The third-order valence-corrected chi connectivity index (χ3v) is 7.39. The Balaban J connectivity index is 1.77. The van der Waals surface area contributed by atoms with Crippen molar-refractivity contribution in [2.24, 2.45) is 5.92 Å². The van der Waals surface area contributed by atoms with Crippen molar-refractivity contribution in [3.63, 3.8) is 0 Å². The van der Waals surface area contributed by atoms with E-state index in [0.717, 1.165) is 48.7 Å². The molecular weight excluding hydrogens is 370 g/mol. The molecule has 0 N–H and O–H groups in total. The number of aromatic nitrogens is 2. The Morgan fingerprint density at radius 1 is 1.25 bits per heavy atom. The van der Waals surface area contributed by atoms with Gasteiger partial charge in [0, 0.05) is 23.9 Å². The molecule has 3 heterocycles. The van der Waals surface area contributed by atoms with Crippen molar-refractivity contribution in [2.45, 2.75) is 71.6 Å². The predicted octanol–water partition coefficient (Wildman–Crippen LogP) is 4.86. The van der Waals surface area contributed by atoms with Gasteiger partial charge in [-0.2, -0.15) is 0 Å². The van der Waals surface area contributed by atoms with E-state index in [1.807, 2.05) is 18.3 Å². The van der Waals surface area contributed by atoms with Crippen LogP contribution in [0.25, 0.3) is 10.2 Å². The summed E-state index contributed by atoms with van der Waals surface area (Å²) in [5.41, 5.74) is 1.47. The quantitative estimate of drug-likeness (QED) is 0.670. The lowest BCUT2D eigenvalue weighted by Gasteiger charge is -2.33. The van der Waals surface area contributed by atoms with Crippen LogP contribution in [0.15, 0.2) is 0 Å². The molecule has 0 radical (unpaired) electrons. The lowest BCUT2D eigenvalue weighted by Crippen LogP contribution is -2.40. The first kappa shape index (κ1) is 19.6. The highest BCUT2D eigenvalue weighted by atomic mass is 32.1. The third kappa shape index (κ3) is 3.63. The highest BCUT2D eigenvalue weighted by Crippen LogP contribution is 2.41. The maximum atomic E-state index is 12.4. The summed E-state index contributed by atoms with van der Waals surface area (Å²) in [7, 11) is 0. The van der Waals surface area contributed by atoms with Crippen LogP contribution >= 0.6 is 11.3 Å². The summed E-state index contributed by atoms with van der Waals surface area (Å²) in [4.78, 5) is 27.4. The van der Waals surface area contributed by atoms with Crippen molar-refractivity contribution in [1.29, 1.82) is 0 Å². The molecule has 28 heavy (non-hydrogen) atoms. The molecule has 0 bridgehead atoms. The molecule has 4 rings (SSSR count). The zero-order valence-corrected chi connectivity index (χ0v) is 18.1. The van der Waals surface area contributed by atoms with Crippen molar-refractivity contribution in [2.75, 3.05) is 24.6 Å². The predicted molar refractivity (Wildman–Crippen MR) is 114 cm³/mol. The summed E-state index contributed by atoms with van der Waals surface area (Å²) in [6.07, 6.45) is 7.75. The number of hydrogen-bond acceptors (Lipinski definition) is 6. The molecule has 152 valence electrons. The van der Waals surface area contributed by atoms with Gasteiger partial charge in [0.1, 0.15) is 16.5 Å². The first-order chi connectivity index (χ1) is 13.6. The Kier molecular flexibility index (Phi) is 5.85. The van der Waals surface area contributed by atoms with Crippen LogP contribution in [-0.4, -0.2) is 35.6 Å². The SMILES string of the molecule is CCOC(=O)[C@H]1CCCN(c2nc([C@H](C)CC)nc3sc4c(c23)CCCC4)C1. The van der Waals surface area contributed by atoms with Gasteiger partial charge in [-0.05, 0) is 57.4 Å². The van der Waals surface area contributed by atoms with E-state index >= 15 is 0 Å². The van der Waals surface area contributed by atoms with Gasteiger partial charge in [-0.25, -0.2) is 9.97 Å². The van der Waals surface area contributed by atoms with Gasteiger partial charge in [0.25, 0.3) is 0 Å². The van der Waals surface area contributed by atoms with E-state index in [1.165, 1.54) is 35.1 Å². The molecule has 2 atom stereocenters. The number of carbonyl (C=O) groups is 1. The summed E-state index contributed by atoms with van der Waals surface area (Å²) in [5.74, 6) is 2.23. The van der Waals surface area contributed by atoms with Crippen LogP contribution in [0.3, 0.4) is 0 Å². The van der Waals surface area contributed by atoms with E-state index in [2.05, 4.69) is 18.7 Å². The summed E-state index contributed by atoms with van der Waals surface area (Å²) in [5, 5.41) is 1.26.